The number of anilines is 2. The fraction of sp³-hybridized carbons (Fsp3) is 0.143. The van der Waals surface area contributed by atoms with Gasteiger partial charge in [-0.3, -0.25) is 4.98 Å². The van der Waals surface area contributed by atoms with Crippen LogP contribution in [0.2, 0.25) is 0 Å². The molecule has 4 heteroatoms. The Labute approximate surface area is 106 Å². The second-order valence-electron chi connectivity index (χ2n) is 3.95. The number of nitrogen functional groups attached to an aromatic ring is 1. The third kappa shape index (κ3) is 2.98. The molecule has 2 aromatic rings. The van der Waals surface area contributed by atoms with Gasteiger partial charge in [0.25, 0.3) is 0 Å². The van der Waals surface area contributed by atoms with Crippen molar-refractivity contribution in [3.8, 4) is 6.07 Å². The molecule has 0 saturated carbocycles. The van der Waals surface area contributed by atoms with Gasteiger partial charge in [0.1, 0.15) is 6.07 Å². The van der Waals surface area contributed by atoms with E-state index in [0.717, 1.165) is 18.7 Å². The van der Waals surface area contributed by atoms with E-state index in [0.29, 0.717) is 11.3 Å². The van der Waals surface area contributed by atoms with Crippen LogP contribution in [0.1, 0.15) is 11.1 Å². The van der Waals surface area contributed by atoms with Crippen LogP contribution >= 0.6 is 0 Å². The van der Waals surface area contributed by atoms with Crippen LogP contribution < -0.4 is 11.1 Å². The van der Waals surface area contributed by atoms with Crippen molar-refractivity contribution >= 4 is 11.4 Å². The quantitative estimate of drug-likeness (QED) is 0.801. The Balaban J connectivity index is 1.93. The first-order valence-corrected chi connectivity index (χ1v) is 5.72. The highest BCUT2D eigenvalue weighted by atomic mass is 14.9. The van der Waals surface area contributed by atoms with E-state index >= 15 is 0 Å². The first-order valence-electron chi connectivity index (χ1n) is 5.72. The van der Waals surface area contributed by atoms with Gasteiger partial charge in [-0.05, 0) is 42.3 Å². The third-order valence-electron chi connectivity index (χ3n) is 2.67. The van der Waals surface area contributed by atoms with Crippen molar-refractivity contribution < 1.29 is 0 Å². The largest absolute Gasteiger partial charge is 0.398 e. The molecule has 4 nitrogen and oxygen atoms in total. The van der Waals surface area contributed by atoms with Crippen LogP contribution in [-0.2, 0) is 6.42 Å². The fourth-order valence-corrected chi connectivity index (χ4v) is 1.66. The van der Waals surface area contributed by atoms with Crippen LogP contribution in [0.15, 0.2) is 42.7 Å². The summed E-state index contributed by atoms with van der Waals surface area (Å²) in [5.41, 5.74) is 8.82. The highest BCUT2D eigenvalue weighted by molar-refractivity contribution is 5.61. The van der Waals surface area contributed by atoms with E-state index in [1.54, 1.807) is 24.5 Å². The molecule has 3 N–H and O–H groups in total. The minimum absolute atomic E-state index is 0.504. The minimum atomic E-state index is 0.504. The normalized spacial score (nSPS) is 9.72. The second kappa shape index (κ2) is 5.69. The maximum atomic E-state index is 8.88. The van der Waals surface area contributed by atoms with Gasteiger partial charge in [0.2, 0.25) is 0 Å². The maximum absolute atomic E-state index is 8.88. The Morgan fingerprint density at radius 2 is 2.00 bits per heavy atom. The third-order valence-corrected chi connectivity index (χ3v) is 2.67. The zero-order valence-corrected chi connectivity index (χ0v) is 9.93. The molecular formula is C14H14N4. The molecule has 18 heavy (non-hydrogen) atoms. The second-order valence-corrected chi connectivity index (χ2v) is 3.95. The average molecular weight is 238 g/mol. The topological polar surface area (TPSA) is 74.7 Å². The standard InChI is InChI=1S/C14H14N4/c15-10-12-9-13(1-2-14(12)16)18-8-5-11-3-6-17-7-4-11/h1-4,6-7,9,18H,5,8,16H2. The molecule has 0 aliphatic rings. The molecule has 0 saturated heterocycles. The molecule has 1 aromatic heterocycles. The Bertz CT molecular complexity index is 558. The summed E-state index contributed by atoms with van der Waals surface area (Å²) in [6, 6.07) is 11.4. The molecule has 1 aromatic carbocycles. The van der Waals surface area contributed by atoms with Crippen molar-refractivity contribution in [3.63, 3.8) is 0 Å². The number of nitriles is 1. The van der Waals surface area contributed by atoms with E-state index in [9.17, 15) is 0 Å². The van der Waals surface area contributed by atoms with Gasteiger partial charge >= 0.3 is 0 Å². The Morgan fingerprint density at radius 1 is 1.22 bits per heavy atom. The number of hydrogen-bond donors (Lipinski definition) is 2. The van der Waals surface area contributed by atoms with Gasteiger partial charge in [-0.2, -0.15) is 5.26 Å². The summed E-state index contributed by atoms with van der Waals surface area (Å²) in [6.45, 7) is 0.804. The zero-order valence-electron chi connectivity index (χ0n) is 9.93. The van der Waals surface area contributed by atoms with Crippen molar-refractivity contribution in [1.82, 2.24) is 4.98 Å². The van der Waals surface area contributed by atoms with Crippen molar-refractivity contribution in [1.29, 1.82) is 5.26 Å². The Kier molecular flexibility index (Phi) is 3.77. The Morgan fingerprint density at radius 3 is 2.72 bits per heavy atom. The molecule has 0 aliphatic heterocycles. The SMILES string of the molecule is N#Cc1cc(NCCc2ccncc2)ccc1N. The highest BCUT2D eigenvalue weighted by Crippen LogP contribution is 2.16. The zero-order chi connectivity index (χ0) is 12.8. The summed E-state index contributed by atoms with van der Waals surface area (Å²) in [5.74, 6) is 0. The van der Waals surface area contributed by atoms with E-state index in [1.165, 1.54) is 5.56 Å². The lowest BCUT2D eigenvalue weighted by Crippen LogP contribution is -2.05. The molecule has 90 valence electrons. The number of rotatable bonds is 4. The maximum Gasteiger partial charge on any atom is 0.101 e. The minimum Gasteiger partial charge on any atom is -0.398 e. The van der Waals surface area contributed by atoms with E-state index in [1.807, 2.05) is 18.2 Å². The molecule has 0 bridgehead atoms. The number of aromatic nitrogens is 1. The van der Waals surface area contributed by atoms with Gasteiger partial charge in [0, 0.05) is 30.3 Å². The summed E-state index contributed by atoms with van der Waals surface area (Å²) < 4.78 is 0. The van der Waals surface area contributed by atoms with E-state index in [4.69, 9.17) is 11.0 Å². The lowest BCUT2D eigenvalue weighted by molar-refractivity contribution is 1.01. The number of nitrogens with zero attached hydrogens (tertiary/aromatic N) is 2. The van der Waals surface area contributed by atoms with Gasteiger partial charge in [0.05, 0.1) is 5.56 Å². The first kappa shape index (κ1) is 11.9. The fourth-order valence-electron chi connectivity index (χ4n) is 1.66. The van der Waals surface area contributed by atoms with Gasteiger partial charge in [-0.25, -0.2) is 0 Å². The number of pyridine rings is 1. The summed E-state index contributed by atoms with van der Waals surface area (Å²) in [4.78, 5) is 3.97. The summed E-state index contributed by atoms with van der Waals surface area (Å²) in [5, 5.41) is 12.1. The van der Waals surface area contributed by atoms with E-state index in [2.05, 4.69) is 16.4 Å². The van der Waals surface area contributed by atoms with Crippen LogP contribution in [0.4, 0.5) is 11.4 Å². The summed E-state index contributed by atoms with van der Waals surface area (Å²) >= 11 is 0. The molecular weight excluding hydrogens is 224 g/mol. The van der Waals surface area contributed by atoms with Crippen LogP contribution in [0.3, 0.4) is 0 Å². The van der Waals surface area contributed by atoms with Gasteiger partial charge < -0.3 is 11.1 Å². The summed E-state index contributed by atoms with van der Waals surface area (Å²) in [7, 11) is 0. The highest BCUT2D eigenvalue weighted by Gasteiger charge is 1.99. The Hall–Kier alpha value is -2.54. The molecule has 1 heterocycles. The van der Waals surface area contributed by atoms with E-state index < -0.39 is 0 Å². The molecule has 0 unspecified atom stereocenters. The predicted octanol–water partition coefficient (Wildman–Crippen LogP) is 2.19. The molecule has 0 spiro atoms. The van der Waals surface area contributed by atoms with Crippen LogP contribution in [0.25, 0.3) is 0 Å². The molecule has 0 aliphatic carbocycles. The van der Waals surface area contributed by atoms with Crippen LogP contribution in [-0.4, -0.2) is 11.5 Å². The predicted molar refractivity (Wildman–Crippen MR) is 72.0 cm³/mol. The summed E-state index contributed by atoms with van der Waals surface area (Å²) in [6.07, 6.45) is 4.48. The molecule has 0 radical (unpaired) electrons. The van der Waals surface area contributed by atoms with Gasteiger partial charge in [0.15, 0.2) is 0 Å². The van der Waals surface area contributed by atoms with Crippen molar-refractivity contribution in [2.45, 2.75) is 6.42 Å². The van der Waals surface area contributed by atoms with Crippen molar-refractivity contribution in [3.05, 3.63) is 53.9 Å². The van der Waals surface area contributed by atoms with E-state index in [-0.39, 0.29) is 0 Å². The van der Waals surface area contributed by atoms with Gasteiger partial charge in [-0.15, -0.1) is 0 Å². The molecule has 0 atom stereocenters. The van der Waals surface area contributed by atoms with Gasteiger partial charge in [-0.1, -0.05) is 0 Å². The molecule has 0 amide bonds. The van der Waals surface area contributed by atoms with Crippen molar-refractivity contribution in [2.75, 3.05) is 17.6 Å². The smallest absolute Gasteiger partial charge is 0.101 e. The first-order chi connectivity index (χ1) is 8.79. The number of benzene rings is 1. The molecule has 2 rings (SSSR count). The average Bonchev–Trinajstić information content (AvgIpc) is 2.42. The monoisotopic (exact) mass is 238 g/mol. The number of nitrogens with two attached hydrogens (primary N) is 1. The number of nitrogens with one attached hydrogen (secondary N) is 1. The van der Waals surface area contributed by atoms with Crippen LogP contribution in [0, 0.1) is 11.3 Å². The van der Waals surface area contributed by atoms with Crippen LogP contribution in [0.5, 0.6) is 0 Å². The lowest BCUT2D eigenvalue weighted by Gasteiger charge is -2.07. The lowest BCUT2D eigenvalue weighted by atomic mass is 10.1. The number of hydrogen-bond acceptors (Lipinski definition) is 4. The van der Waals surface area contributed by atoms with Crippen molar-refractivity contribution in [2.24, 2.45) is 0 Å². The molecule has 0 fully saturated rings.